The molecule has 9 heteroatoms. The van der Waals surface area contributed by atoms with Gasteiger partial charge < -0.3 is 10.2 Å². The quantitative estimate of drug-likeness (QED) is 0.662. The zero-order valence-electron chi connectivity index (χ0n) is 15.3. The molecule has 1 aliphatic rings. The van der Waals surface area contributed by atoms with E-state index in [0.717, 1.165) is 28.4 Å². The fraction of sp³-hybridized carbons (Fsp3) is 0.263. The molecule has 1 fully saturated rings. The van der Waals surface area contributed by atoms with E-state index in [1.54, 1.807) is 29.5 Å². The van der Waals surface area contributed by atoms with Gasteiger partial charge >= 0.3 is 0 Å². The van der Waals surface area contributed by atoms with Gasteiger partial charge in [-0.05, 0) is 55.3 Å². The lowest BCUT2D eigenvalue weighted by atomic mass is 10.3. The molecule has 0 unspecified atom stereocenters. The highest BCUT2D eigenvalue weighted by Gasteiger charge is 2.18. The van der Waals surface area contributed by atoms with Gasteiger partial charge in [-0.1, -0.05) is 11.3 Å². The van der Waals surface area contributed by atoms with Crippen molar-refractivity contribution in [2.45, 2.75) is 24.7 Å². The molecule has 4 rings (SSSR count). The van der Waals surface area contributed by atoms with Crippen molar-refractivity contribution in [3.63, 3.8) is 0 Å². The second-order valence-electron chi connectivity index (χ2n) is 6.68. The van der Waals surface area contributed by atoms with Gasteiger partial charge in [0.15, 0.2) is 5.13 Å². The lowest BCUT2D eigenvalue weighted by molar-refractivity contribution is -0.114. The number of benzene rings is 2. The average molecular weight is 417 g/mol. The largest absolute Gasteiger partial charge is 0.348 e. The molecule has 0 saturated carbocycles. The van der Waals surface area contributed by atoms with Crippen LogP contribution in [0.4, 0.5) is 16.5 Å². The summed E-state index contributed by atoms with van der Waals surface area (Å²) in [4.78, 5) is 18.1. The van der Waals surface area contributed by atoms with Crippen LogP contribution in [0.1, 0.15) is 19.8 Å². The van der Waals surface area contributed by atoms with E-state index in [4.69, 9.17) is 0 Å². The van der Waals surface area contributed by atoms with Crippen molar-refractivity contribution in [2.24, 2.45) is 0 Å². The predicted molar refractivity (Wildman–Crippen MR) is 113 cm³/mol. The summed E-state index contributed by atoms with van der Waals surface area (Å²) < 4.78 is 28.9. The van der Waals surface area contributed by atoms with Gasteiger partial charge in [-0.3, -0.25) is 9.52 Å². The summed E-state index contributed by atoms with van der Waals surface area (Å²) in [5.41, 5.74) is 1.91. The smallest absolute Gasteiger partial charge is 0.261 e. The van der Waals surface area contributed by atoms with Crippen molar-refractivity contribution in [3.8, 4) is 0 Å². The molecule has 1 aromatic heterocycles. The molecule has 2 heterocycles. The number of amides is 1. The third kappa shape index (κ3) is 3.95. The Labute approximate surface area is 167 Å². The van der Waals surface area contributed by atoms with E-state index in [9.17, 15) is 13.2 Å². The summed E-state index contributed by atoms with van der Waals surface area (Å²) >= 11 is 1.58. The fourth-order valence-corrected chi connectivity index (χ4v) is 5.26. The van der Waals surface area contributed by atoms with Gasteiger partial charge in [0, 0.05) is 25.7 Å². The average Bonchev–Trinajstić information content (AvgIpc) is 3.30. The number of hydrogen-bond donors (Lipinski definition) is 2. The Bertz CT molecular complexity index is 1120. The number of fused-ring (bicyclic) bond motifs is 1. The molecule has 0 radical (unpaired) electrons. The van der Waals surface area contributed by atoms with Crippen molar-refractivity contribution in [1.29, 1.82) is 0 Å². The van der Waals surface area contributed by atoms with Crippen molar-refractivity contribution in [1.82, 2.24) is 4.98 Å². The van der Waals surface area contributed by atoms with E-state index in [1.807, 2.05) is 12.1 Å². The maximum absolute atomic E-state index is 12.7. The lowest BCUT2D eigenvalue weighted by Crippen LogP contribution is -2.16. The minimum absolute atomic E-state index is 0.128. The second-order valence-corrected chi connectivity index (χ2v) is 9.38. The number of hydrogen-bond acceptors (Lipinski definition) is 6. The highest BCUT2D eigenvalue weighted by Crippen LogP contribution is 2.33. The third-order valence-corrected chi connectivity index (χ3v) is 6.97. The Kier molecular flexibility index (Phi) is 4.94. The molecule has 0 bridgehead atoms. The van der Waals surface area contributed by atoms with Gasteiger partial charge in [-0.2, -0.15) is 0 Å². The van der Waals surface area contributed by atoms with Gasteiger partial charge in [0.2, 0.25) is 5.91 Å². The number of rotatable bonds is 5. The first-order valence-corrected chi connectivity index (χ1v) is 11.3. The van der Waals surface area contributed by atoms with Crippen LogP contribution in [0.3, 0.4) is 0 Å². The molecule has 1 amide bonds. The molecule has 0 aliphatic carbocycles. The second kappa shape index (κ2) is 7.40. The Balaban J connectivity index is 1.55. The van der Waals surface area contributed by atoms with E-state index in [0.29, 0.717) is 11.4 Å². The molecule has 2 aromatic carbocycles. The Morgan fingerprint density at radius 1 is 1.07 bits per heavy atom. The highest BCUT2D eigenvalue weighted by molar-refractivity contribution is 7.92. The number of sulfonamides is 1. The molecule has 1 aliphatic heterocycles. The van der Waals surface area contributed by atoms with Gasteiger partial charge in [0.25, 0.3) is 10.0 Å². The van der Waals surface area contributed by atoms with Gasteiger partial charge in [0.1, 0.15) is 0 Å². The molecular weight excluding hydrogens is 396 g/mol. The third-order valence-electron chi connectivity index (χ3n) is 4.49. The van der Waals surface area contributed by atoms with Gasteiger partial charge in [0.05, 0.1) is 20.8 Å². The van der Waals surface area contributed by atoms with Crippen LogP contribution in [0.5, 0.6) is 0 Å². The van der Waals surface area contributed by atoms with E-state index >= 15 is 0 Å². The lowest BCUT2D eigenvalue weighted by Gasteiger charge is -2.11. The van der Waals surface area contributed by atoms with E-state index < -0.39 is 10.0 Å². The Morgan fingerprint density at radius 3 is 2.43 bits per heavy atom. The van der Waals surface area contributed by atoms with Crippen molar-refractivity contribution in [2.75, 3.05) is 28.0 Å². The first-order valence-electron chi connectivity index (χ1n) is 8.97. The summed E-state index contributed by atoms with van der Waals surface area (Å²) in [6.45, 7) is 3.44. The standard InChI is InChI=1S/C19H20N4O3S2/c1-13(24)20-14-4-7-16(8-5-14)28(25,26)22-15-6-9-17-18(12-15)27-19(21-17)23-10-2-3-11-23/h4-9,12,22H,2-3,10-11H2,1H3,(H,20,24). The topological polar surface area (TPSA) is 91.4 Å². The van der Waals surface area contributed by atoms with E-state index in [-0.39, 0.29) is 10.8 Å². The number of nitrogens with zero attached hydrogens (tertiary/aromatic N) is 2. The number of aromatic nitrogens is 1. The minimum Gasteiger partial charge on any atom is -0.348 e. The normalized spacial score (nSPS) is 14.4. The summed E-state index contributed by atoms with van der Waals surface area (Å²) in [5, 5.41) is 3.60. The summed E-state index contributed by atoms with van der Waals surface area (Å²) in [5.74, 6) is -0.208. The van der Waals surface area contributed by atoms with Crippen LogP contribution in [-0.2, 0) is 14.8 Å². The number of carbonyl (C=O) groups excluding carboxylic acids is 1. The number of anilines is 3. The molecule has 146 valence electrons. The van der Waals surface area contributed by atoms with Crippen LogP contribution in [0, 0.1) is 0 Å². The van der Waals surface area contributed by atoms with Crippen molar-refractivity contribution in [3.05, 3.63) is 42.5 Å². The Morgan fingerprint density at radius 2 is 1.75 bits per heavy atom. The minimum atomic E-state index is -3.72. The monoisotopic (exact) mass is 416 g/mol. The molecular formula is C19H20N4O3S2. The number of carbonyl (C=O) groups is 1. The number of thiazole rings is 1. The Hall–Kier alpha value is -2.65. The van der Waals surface area contributed by atoms with Gasteiger partial charge in [-0.15, -0.1) is 0 Å². The van der Waals surface area contributed by atoms with Crippen LogP contribution < -0.4 is 14.9 Å². The maximum atomic E-state index is 12.7. The van der Waals surface area contributed by atoms with Crippen molar-refractivity contribution >= 4 is 54.0 Å². The van der Waals surface area contributed by atoms with Crippen LogP contribution in [0.25, 0.3) is 10.2 Å². The van der Waals surface area contributed by atoms with Crippen LogP contribution in [-0.4, -0.2) is 32.4 Å². The molecule has 28 heavy (non-hydrogen) atoms. The molecule has 0 spiro atoms. The maximum Gasteiger partial charge on any atom is 0.261 e. The highest BCUT2D eigenvalue weighted by atomic mass is 32.2. The first-order chi connectivity index (χ1) is 13.4. The molecule has 0 atom stereocenters. The molecule has 1 saturated heterocycles. The summed E-state index contributed by atoms with van der Waals surface area (Å²) in [7, 11) is -3.72. The predicted octanol–water partition coefficient (Wildman–Crippen LogP) is 3.66. The molecule has 2 N–H and O–H groups in total. The molecule has 7 nitrogen and oxygen atoms in total. The fourth-order valence-electron chi connectivity index (χ4n) is 3.15. The van der Waals surface area contributed by atoms with Crippen molar-refractivity contribution < 1.29 is 13.2 Å². The SMILES string of the molecule is CC(=O)Nc1ccc(S(=O)(=O)Nc2ccc3nc(N4CCCC4)sc3c2)cc1. The van der Waals surface area contributed by atoms with E-state index in [1.165, 1.54) is 31.9 Å². The van der Waals surface area contributed by atoms with Crippen LogP contribution in [0.15, 0.2) is 47.4 Å². The number of nitrogens with one attached hydrogen (secondary N) is 2. The van der Waals surface area contributed by atoms with Gasteiger partial charge in [-0.25, -0.2) is 13.4 Å². The van der Waals surface area contributed by atoms with Crippen LogP contribution >= 0.6 is 11.3 Å². The zero-order valence-corrected chi connectivity index (χ0v) is 16.9. The summed E-state index contributed by atoms with van der Waals surface area (Å²) in [6, 6.07) is 11.4. The summed E-state index contributed by atoms with van der Waals surface area (Å²) in [6.07, 6.45) is 2.36. The zero-order chi connectivity index (χ0) is 19.7. The van der Waals surface area contributed by atoms with Crippen LogP contribution in [0.2, 0.25) is 0 Å². The van der Waals surface area contributed by atoms with E-state index in [2.05, 4.69) is 19.9 Å². The first kappa shape index (κ1) is 18.7. The molecule has 3 aromatic rings.